The van der Waals surface area contributed by atoms with Crippen molar-refractivity contribution in [2.24, 2.45) is 0 Å². The van der Waals surface area contributed by atoms with Crippen LogP contribution in [0.5, 0.6) is 5.75 Å². The highest BCUT2D eigenvalue weighted by molar-refractivity contribution is 7.89. The van der Waals surface area contributed by atoms with Crippen LogP contribution in [-0.2, 0) is 10.0 Å². The molecular weight excluding hydrogens is 411 g/mol. The summed E-state index contributed by atoms with van der Waals surface area (Å²) in [6.07, 6.45) is 0. The SMILES string of the molecule is COc1c(Cl)cc(C(=O)NC(C)c2ccc(S(=O)(=O)N(C)C)cc2)cc1Cl. The molecule has 0 aromatic heterocycles. The van der Waals surface area contributed by atoms with Gasteiger partial charge in [0.25, 0.3) is 5.91 Å². The van der Waals surface area contributed by atoms with E-state index >= 15 is 0 Å². The van der Waals surface area contributed by atoms with Crippen molar-refractivity contribution in [3.8, 4) is 5.75 Å². The summed E-state index contributed by atoms with van der Waals surface area (Å²) in [6.45, 7) is 1.79. The Balaban J connectivity index is 2.18. The highest BCUT2D eigenvalue weighted by Gasteiger charge is 2.19. The van der Waals surface area contributed by atoms with Gasteiger partial charge in [0.2, 0.25) is 10.0 Å². The van der Waals surface area contributed by atoms with Gasteiger partial charge in [0.1, 0.15) is 0 Å². The summed E-state index contributed by atoms with van der Waals surface area (Å²) in [6, 6.07) is 8.93. The predicted octanol–water partition coefficient (Wildman–Crippen LogP) is 3.74. The van der Waals surface area contributed by atoms with E-state index in [1.54, 1.807) is 19.1 Å². The van der Waals surface area contributed by atoms with Crippen molar-refractivity contribution in [1.29, 1.82) is 0 Å². The summed E-state index contributed by atoms with van der Waals surface area (Å²) in [5.41, 5.74) is 1.05. The number of amides is 1. The Morgan fingerprint density at radius 2 is 1.63 bits per heavy atom. The number of hydrogen-bond acceptors (Lipinski definition) is 4. The lowest BCUT2D eigenvalue weighted by molar-refractivity contribution is 0.0940. The van der Waals surface area contributed by atoms with E-state index in [9.17, 15) is 13.2 Å². The third kappa shape index (κ3) is 4.73. The molecule has 2 rings (SSSR count). The minimum atomic E-state index is -3.50. The fourth-order valence-electron chi connectivity index (χ4n) is 2.39. The van der Waals surface area contributed by atoms with Crippen molar-refractivity contribution in [2.75, 3.05) is 21.2 Å². The molecule has 0 fully saturated rings. The summed E-state index contributed by atoms with van der Waals surface area (Å²) in [4.78, 5) is 12.7. The third-order valence-electron chi connectivity index (χ3n) is 3.97. The predicted molar refractivity (Wildman–Crippen MR) is 106 cm³/mol. The van der Waals surface area contributed by atoms with Gasteiger partial charge in [-0.25, -0.2) is 12.7 Å². The first-order chi connectivity index (χ1) is 12.6. The Kier molecular flexibility index (Phi) is 6.75. The van der Waals surface area contributed by atoms with E-state index in [0.717, 1.165) is 9.87 Å². The van der Waals surface area contributed by atoms with Crippen molar-refractivity contribution in [2.45, 2.75) is 17.9 Å². The Morgan fingerprint density at radius 3 is 2.07 bits per heavy atom. The van der Waals surface area contributed by atoms with E-state index in [1.807, 2.05) is 0 Å². The molecular formula is C18H20Cl2N2O4S. The second-order valence-electron chi connectivity index (χ2n) is 6.02. The number of ether oxygens (including phenoxy) is 1. The second kappa shape index (κ2) is 8.48. The number of rotatable bonds is 6. The van der Waals surface area contributed by atoms with Crippen LogP contribution in [0, 0.1) is 0 Å². The largest absolute Gasteiger partial charge is 0.494 e. The van der Waals surface area contributed by atoms with E-state index < -0.39 is 10.0 Å². The number of halogens is 2. The van der Waals surface area contributed by atoms with E-state index in [-0.39, 0.29) is 26.9 Å². The van der Waals surface area contributed by atoms with E-state index in [0.29, 0.717) is 11.3 Å². The summed E-state index contributed by atoms with van der Waals surface area (Å²) in [5.74, 6) is -0.0560. The molecule has 0 radical (unpaired) electrons. The molecule has 0 aliphatic heterocycles. The van der Waals surface area contributed by atoms with Crippen LogP contribution in [-0.4, -0.2) is 39.8 Å². The van der Waals surface area contributed by atoms with Crippen LogP contribution in [0.4, 0.5) is 0 Å². The fraction of sp³-hybridized carbons (Fsp3) is 0.278. The number of carbonyl (C=O) groups is 1. The van der Waals surface area contributed by atoms with Crippen molar-refractivity contribution in [1.82, 2.24) is 9.62 Å². The van der Waals surface area contributed by atoms with Gasteiger partial charge in [-0.2, -0.15) is 0 Å². The number of carbonyl (C=O) groups excluding carboxylic acids is 1. The molecule has 0 aliphatic rings. The maximum absolute atomic E-state index is 12.5. The highest BCUT2D eigenvalue weighted by atomic mass is 35.5. The molecule has 0 bridgehead atoms. The summed E-state index contributed by atoms with van der Waals surface area (Å²) < 4.78 is 30.4. The number of hydrogen-bond donors (Lipinski definition) is 1. The van der Waals surface area contributed by atoms with E-state index in [1.165, 1.54) is 45.5 Å². The zero-order chi connectivity index (χ0) is 20.4. The van der Waals surface area contributed by atoms with E-state index in [2.05, 4.69) is 5.32 Å². The average molecular weight is 431 g/mol. The molecule has 9 heteroatoms. The minimum Gasteiger partial charge on any atom is -0.494 e. The van der Waals surface area contributed by atoms with Crippen LogP contribution in [0.3, 0.4) is 0 Å². The molecule has 2 aromatic carbocycles. The van der Waals surface area contributed by atoms with Gasteiger partial charge < -0.3 is 10.1 Å². The first-order valence-electron chi connectivity index (χ1n) is 7.94. The van der Waals surface area contributed by atoms with Crippen LogP contribution < -0.4 is 10.1 Å². The zero-order valence-corrected chi connectivity index (χ0v) is 17.6. The van der Waals surface area contributed by atoms with Gasteiger partial charge in [0, 0.05) is 19.7 Å². The lowest BCUT2D eigenvalue weighted by atomic mass is 10.1. The number of sulfonamides is 1. The maximum Gasteiger partial charge on any atom is 0.251 e. The molecule has 2 aromatic rings. The van der Waals surface area contributed by atoms with Crippen molar-refractivity contribution < 1.29 is 17.9 Å². The Hall–Kier alpha value is -1.80. The molecule has 0 saturated carbocycles. The average Bonchev–Trinajstić information content (AvgIpc) is 2.61. The van der Waals surface area contributed by atoms with Crippen molar-refractivity contribution >= 4 is 39.1 Å². The van der Waals surface area contributed by atoms with Gasteiger partial charge in [-0.1, -0.05) is 35.3 Å². The Labute approximate surface area is 169 Å². The molecule has 27 heavy (non-hydrogen) atoms. The normalized spacial score (nSPS) is 12.7. The number of benzene rings is 2. The topological polar surface area (TPSA) is 75.7 Å². The number of methoxy groups -OCH3 is 1. The number of nitrogens with one attached hydrogen (secondary N) is 1. The van der Waals surface area contributed by atoms with Gasteiger partial charge in [-0.05, 0) is 36.8 Å². The lowest BCUT2D eigenvalue weighted by Crippen LogP contribution is -2.27. The minimum absolute atomic E-state index is 0.184. The molecule has 1 amide bonds. The van der Waals surface area contributed by atoms with E-state index in [4.69, 9.17) is 27.9 Å². The van der Waals surface area contributed by atoms with Crippen LogP contribution in [0.25, 0.3) is 0 Å². The molecule has 1 unspecified atom stereocenters. The molecule has 0 heterocycles. The first kappa shape index (κ1) is 21.5. The van der Waals surface area contributed by atoms with Crippen LogP contribution in [0.1, 0.15) is 28.9 Å². The Morgan fingerprint density at radius 1 is 1.11 bits per heavy atom. The quantitative estimate of drug-likeness (QED) is 0.756. The van der Waals surface area contributed by atoms with Gasteiger partial charge in [0.15, 0.2) is 5.75 Å². The van der Waals surface area contributed by atoms with Crippen LogP contribution >= 0.6 is 23.2 Å². The monoisotopic (exact) mass is 430 g/mol. The smallest absolute Gasteiger partial charge is 0.251 e. The molecule has 1 N–H and O–H groups in total. The maximum atomic E-state index is 12.5. The summed E-state index contributed by atoms with van der Waals surface area (Å²) >= 11 is 12.1. The first-order valence-corrected chi connectivity index (χ1v) is 10.1. The fourth-order valence-corrected chi connectivity index (χ4v) is 3.93. The third-order valence-corrected chi connectivity index (χ3v) is 6.36. The van der Waals surface area contributed by atoms with Gasteiger partial charge in [0.05, 0.1) is 28.1 Å². The molecule has 0 saturated heterocycles. The summed E-state index contributed by atoms with van der Waals surface area (Å²) in [5, 5.41) is 3.30. The number of nitrogens with zero attached hydrogens (tertiary/aromatic N) is 1. The van der Waals surface area contributed by atoms with Gasteiger partial charge >= 0.3 is 0 Å². The molecule has 146 valence electrons. The Bertz CT molecular complexity index is 921. The second-order valence-corrected chi connectivity index (χ2v) is 8.99. The van der Waals surface area contributed by atoms with Crippen molar-refractivity contribution in [3.05, 3.63) is 57.6 Å². The standard InChI is InChI=1S/C18H20Cl2N2O4S/c1-11(12-5-7-14(8-6-12)27(24,25)22(2)3)21-18(23)13-9-15(19)17(26-4)16(20)10-13/h5-11H,1-4H3,(H,21,23). The molecule has 0 spiro atoms. The molecule has 6 nitrogen and oxygen atoms in total. The lowest BCUT2D eigenvalue weighted by Gasteiger charge is -2.17. The highest BCUT2D eigenvalue weighted by Crippen LogP contribution is 2.34. The van der Waals surface area contributed by atoms with Gasteiger partial charge in [-0.3, -0.25) is 4.79 Å². The molecule has 1 atom stereocenters. The van der Waals surface area contributed by atoms with Gasteiger partial charge in [-0.15, -0.1) is 0 Å². The molecule has 0 aliphatic carbocycles. The van der Waals surface area contributed by atoms with Crippen molar-refractivity contribution in [3.63, 3.8) is 0 Å². The van der Waals surface area contributed by atoms with Crippen LogP contribution in [0.2, 0.25) is 10.0 Å². The van der Waals surface area contributed by atoms with Crippen LogP contribution in [0.15, 0.2) is 41.3 Å². The summed E-state index contributed by atoms with van der Waals surface area (Å²) in [7, 11) is 0.882. The zero-order valence-electron chi connectivity index (χ0n) is 15.3.